The Bertz CT molecular complexity index is 364. The van der Waals surface area contributed by atoms with Crippen molar-refractivity contribution in [3.05, 3.63) is 36.3 Å². The lowest BCUT2D eigenvalue weighted by Gasteiger charge is -1.98. The lowest BCUT2D eigenvalue weighted by Crippen LogP contribution is -2.03. The van der Waals surface area contributed by atoms with E-state index < -0.39 is 11.9 Å². The summed E-state index contributed by atoms with van der Waals surface area (Å²) in [5.74, 6) is -0.653. The molecule has 1 aromatic heterocycles. The molecule has 0 saturated carbocycles. The van der Waals surface area contributed by atoms with E-state index in [1.165, 1.54) is 6.26 Å². The molecule has 0 atom stereocenters. The van der Waals surface area contributed by atoms with Crippen LogP contribution in [-0.2, 0) is 25.7 Å². The first-order chi connectivity index (χ1) is 7.72. The number of carbonyl (C=O) groups is 2. The minimum Gasteiger partial charge on any atom is -0.466 e. The van der Waals surface area contributed by atoms with E-state index in [0.29, 0.717) is 5.76 Å². The van der Waals surface area contributed by atoms with Crippen LogP contribution in [0.2, 0.25) is 0 Å². The molecule has 0 amide bonds. The Morgan fingerprint density at radius 1 is 1.31 bits per heavy atom. The van der Waals surface area contributed by atoms with Gasteiger partial charge in [-0.25, -0.2) is 9.59 Å². The number of hydrogen-bond acceptors (Lipinski definition) is 5. The molecule has 0 N–H and O–H groups in total. The molecule has 16 heavy (non-hydrogen) atoms. The maximum absolute atomic E-state index is 11.1. The summed E-state index contributed by atoms with van der Waals surface area (Å²) in [7, 11) is 0. The van der Waals surface area contributed by atoms with Crippen molar-refractivity contribution >= 4 is 11.9 Å². The van der Waals surface area contributed by atoms with Gasteiger partial charge in [0.15, 0.2) is 0 Å². The van der Waals surface area contributed by atoms with Crippen molar-refractivity contribution in [2.75, 3.05) is 6.61 Å². The number of rotatable bonds is 5. The first-order valence-corrected chi connectivity index (χ1v) is 4.76. The molecule has 0 aliphatic heterocycles. The first kappa shape index (κ1) is 12.0. The molecule has 0 fully saturated rings. The standard InChI is InChI=1S/C11H12O5/c1-2-14-10(12)5-6-11(13)16-8-9-4-3-7-15-9/h3-7H,2,8H2,1H3/b6-5+. The van der Waals surface area contributed by atoms with E-state index in [1.54, 1.807) is 19.1 Å². The predicted octanol–water partition coefficient (Wildman–Crippen LogP) is 1.44. The van der Waals surface area contributed by atoms with Crippen LogP contribution in [0.3, 0.4) is 0 Å². The van der Waals surface area contributed by atoms with Crippen molar-refractivity contribution in [3.63, 3.8) is 0 Å². The second-order valence-electron chi connectivity index (χ2n) is 2.77. The monoisotopic (exact) mass is 224 g/mol. The summed E-state index contributed by atoms with van der Waals surface area (Å²) in [5, 5.41) is 0. The molecule has 0 bridgehead atoms. The summed E-state index contributed by atoms with van der Waals surface area (Å²) in [6.07, 6.45) is 3.52. The fourth-order valence-electron chi connectivity index (χ4n) is 0.912. The molecule has 0 spiro atoms. The highest BCUT2D eigenvalue weighted by Crippen LogP contribution is 2.01. The average molecular weight is 224 g/mol. The van der Waals surface area contributed by atoms with E-state index >= 15 is 0 Å². The third-order valence-electron chi connectivity index (χ3n) is 1.58. The van der Waals surface area contributed by atoms with Gasteiger partial charge < -0.3 is 13.9 Å². The number of hydrogen-bond donors (Lipinski definition) is 0. The van der Waals surface area contributed by atoms with Crippen molar-refractivity contribution in [2.24, 2.45) is 0 Å². The summed E-state index contributed by atoms with van der Waals surface area (Å²) < 4.78 is 14.3. The van der Waals surface area contributed by atoms with Crippen molar-refractivity contribution in [2.45, 2.75) is 13.5 Å². The minimum atomic E-state index is -0.621. The molecule has 5 nitrogen and oxygen atoms in total. The Labute approximate surface area is 92.6 Å². The second kappa shape index (κ2) is 6.44. The van der Waals surface area contributed by atoms with Gasteiger partial charge in [0.2, 0.25) is 0 Å². The fourth-order valence-corrected chi connectivity index (χ4v) is 0.912. The molecule has 1 aromatic rings. The van der Waals surface area contributed by atoms with Gasteiger partial charge in [-0.2, -0.15) is 0 Å². The molecule has 0 saturated heterocycles. The number of esters is 2. The highest BCUT2D eigenvalue weighted by molar-refractivity contribution is 5.91. The molecule has 0 radical (unpaired) electrons. The molecule has 86 valence electrons. The largest absolute Gasteiger partial charge is 0.466 e. The Balaban J connectivity index is 2.28. The van der Waals surface area contributed by atoms with Gasteiger partial charge >= 0.3 is 11.9 Å². The van der Waals surface area contributed by atoms with E-state index in [4.69, 9.17) is 9.15 Å². The minimum absolute atomic E-state index is 0.0407. The summed E-state index contributed by atoms with van der Waals surface area (Å²) in [5.41, 5.74) is 0. The molecule has 0 aromatic carbocycles. The fraction of sp³-hybridized carbons (Fsp3) is 0.273. The van der Waals surface area contributed by atoms with E-state index in [1.807, 2.05) is 0 Å². The van der Waals surface area contributed by atoms with Gasteiger partial charge in [-0.3, -0.25) is 0 Å². The normalized spacial score (nSPS) is 10.3. The molecule has 5 heteroatoms. The molecular weight excluding hydrogens is 212 g/mol. The van der Waals surface area contributed by atoms with Crippen molar-refractivity contribution in [1.29, 1.82) is 0 Å². The van der Waals surface area contributed by atoms with E-state index in [2.05, 4.69) is 4.74 Å². The molecule has 1 heterocycles. The summed E-state index contributed by atoms with van der Waals surface area (Å²) in [6.45, 7) is 1.99. The van der Waals surface area contributed by atoms with Crippen LogP contribution in [0.4, 0.5) is 0 Å². The van der Waals surface area contributed by atoms with Gasteiger partial charge in [-0.15, -0.1) is 0 Å². The van der Waals surface area contributed by atoms with E-state index in [-0.39, 0.29) is 13.2 Å². The lowest BCUT2D eigenvalue weighted by atomic mass is 10.4. The zero-order chi connectivity index (χ0) is 11.8. The van der Waals surface area contributed by atoms with Gasteiger partial charge in [-0.05, 0) is 19.1 Å². The van der Waals surface area contributed by atoms with Gasteiger partial charge in [-0.1, -0.05) is 0 Å². The van der Waals surface area contributed by atoms with Crippen LogP contribution in [0, 0.1) is 0 Å². The maximum atomic E-state index is 11.1. The van der Waals surface area contributed by atoms with Crippen LogP contribution in [0.15, 0.2) is 35.0 Å². The SMILES string of the molecule is CCOC(=O)/C=C/C(=O)OCc1ccco1. The zero-order valence-corrected chi connectivity index (χ0v) is 8.84. The summed E-state index contributed by atoms with van der Waals surface area (Å²) >= 11 is 0. The lowest BCUT2D eigenvalue weighted by molar-refractivity contribution is -0.141. The van der Waals surface area contributed by atoms with Crippen LogP contribution in [0.1, 0.15) is 12.7 Å². The third kappa shape index (κ3) is 4.45. The van der Waals surface area contributed by atoms with Gasteiger partial charge in [0.25, 0.3) is 0 Å². The molecule has 0 aliphatic carbocycles. The number of furan rings is 1. The number of ether oxygens (including phenoxy) is 2. The van der Waals surface area contributed by atoms with E-state index in [9.17, 15) is 9.59 Å². The maximum Gasteiger partial charge on any atom is 0.331 e. The summed E-state index contributed by atoms with van der Waals surface area (Å²) in [4.78, 5) is 21.9. The molecule has 0 aliphatic rings. The molecule has 0 unspecified atom stereocenters. The van der Waals surface area contributed by atoms with Crippen LogP contribution in [0.25, 0.3) is 0 Å². The topological polar surface area (TPSA) is 65.7 Å². The average Bonchev–Trinajstić information content (AvgIpc) is 2.77. The Morgan fingerprint density at radius 3 is 2.56 bits per heavy atom. The van der Waals surface area contributed by atoms with Crippen molar-refractivity contribution in [1.82, 2.24) is 0 Å². The third-order valence-corrected chi connectivity index (χ3v) is 1.58. The molecule has 1 rings (SSSR count). The summed E-state index contributed by atoms with van der Waals surface area (Å²) in [6, 6.07) is 3.37. The van der Waals surface area contributed by atoms with Crippen LogP contribution in [-0.4, -0.2) is 18.5 Å². The van der Waals surface area contributed by atoms with Gasteiger partial charge in [0, 0.05) is 12.2 Å². The van der Waals surface area contributed by atoms with Crippen LogP contribution in [0.5, 0.6) is 0 Å². The zero-order valence-electron chi connectivity index (χ0n) is 8.84. The van der Waals surface area contributed by atoms with Crippen LogP contribution < -0.4 is 0 Å². The van der Waals surface area contributed by atoms with E-state index in [0.717, 1.165) is 12.2 Å². The molecular formula is C11H12O5. The van der Waals surface area contributed by atoms with Gasteiger partial charge in [0.1, 0.15) is 12.4 Å². The van der Waals surface area contributed by atoms with Crippen molar-refractivity contribution < 1.29 is 23.5 Å². The highest BCUT2D eigenvalue weighted by atomic mass is 16.5. The van der Waals surface area contributed by atoms with Crippen LogP contribution >= 0.6 is 0 Å². The Kier molecular flexibility index (Phi) is 4.85. The number of carbonyl (C=O) groups excluding carboxylic acids is 2. The van der Waals surface area contributed by atoms with Crippen molar-refractivity contribution in [3.8, 4) is 0 Å². The first-order valence-electron chi connectivity index (χ1n) is 4.76. The highest BCUT2D eigenvalue weighted by Gasteiger charge is 2.02. The predicted molar refractivity (Wildman–Crippen MR) is 54.3 cm³/mol. The second-order valence-corrected chi connectivity index (χ2v) is 2.77. The smallest absolute Gasteiger partial charge is 0.331 e. The quantitative estimate of drug-likeness (QED) is 0.559. The Morgan fingerprint density at radius 2 is 2.00 bits per heavy atom. The van der Waals surface area contributed by atoms with Gasteiger partial charge in [0.05, 0.1) is 12.9 Å². The Hall–Kier alpha value is -2.04.